The number of rotatable bonds is 9. The third-order valence-electron chi connectivity index (χ3n) is 6.77. The minimum Gasteiger partial charge on any atom is -0.373 e. The highest BCUT2D eigenvalue weighted by molar-refractivity contribution is 5.28. The fraction of sp³-hybridized carbons (Fsp3) is 0.760. The molecule has 2 fully saturated rings. The highest BCUT2D eigenvalue weighted by atomic mass is 16.6. The van der Waals surface area contributed by atoms with Crippen molar-refractivity contribution in [2.45, 2.75) is 103 Å². The van der Waals surface area contributed by atoms with Gasteiger partial charge in [-0.15, -0.1) is 0 Å². The summed E-state index contributed by atoms with van der Waals surface area (Å²) in [6.45, 7) is 6.08. The van der Waals surface area contributed by atoms with Crippen molar-refractivity contribution in [1.29, 1.82) is 0 Å². The molecule has 2 nitrogen and oxygen atoms in total. The molecule has 1 aromatic rings. The Kier molecular flexibility index (Phi) is 8.67. The van der Waals surface area contributed by atoms with Crippen LogP contribution in [-0.2, 0) is 9.47 Å². The molecule has 1 aromatic carbocycles. The van der Waals surface area contributed by atoms with Gasteiger partial charge in [-0.25, -0.2) is 0 Å². The normalized spacial score (nSPS) is 29.0. The molecule has 2 heteroatoms. The molecule has 0 bridgehead atoms. The van der Waals surface area contributed by atoms with Crippen LogP contribution in [0.5, 0.6) is 0 Å². The maximum Gasteiger partial charge on any atom is 0.106 e. The van der Waals surface area contributed by atoms with E-state index in [1.165, 1.54) is 75.3 Å². The molecule has 4 atom stereocenters. The number of benzene rings is 1. The minimum absolute atomic E-state index is 0.115. The molecule has 27 heavy (non-hydrogen) atoms. The van der Waals surface area contributed by atoms with E-state index < -0.39 is 0 Å². The smallest absolute Gasteiger partial charge is 0.106 e. The van der Waals surface area contributed by atoms with E-state index in [1.807, 2.05) is 0 Å². The SMILES string of the molecule is CCCCCCCC1COC(c2ccc(C3CCCCC3CC)cc2)CO1. The van der Waals surface area contributed by atoms with Crippen LogP contribution in [0.2, 0.25) is 0 Å². The van der Waals surface area contributed by atoms with E-state index in [4.69, 9.17) is 9.47 Å². The fourth-order valence-corrected chi connectivity index (χ4v) is 4.97. The van der Waals surface area contributed by atoms with Gasteiger partial charge in [0, 0.05) is 0 Å². The molecule has 1 aliphatic heterocycles. The second-order valence-electron chi connectivity index (χ2n) is 8.71. The summed E-state index contributed by atoms with van der Waals surface area (Å²) in [4.78, 5) is 0. The molecule has 0 N–H and O–H groups in total. The lowest BCUT2D eigenvalue weighted by Crippen LogP contribution is -2.31. The Bertz CT molecular complexity index is 516. The highest BCUT2D eigenvalue weighted by Gasteiger charge is 2.26. The first-order valence-electron chi connectivity index (χ1n) is 11.6. The van der Waals surface area contributed by atoms with Crippen LogP contribution in [0.3, 0.4) is 0 Å². The lowest BCUT2D eigenvalue weighted by atomic mass is 9.74. The standard InChI is InChI=1S/C25H40O2/c1-3-5-6-7-8-12-23-18-27-25(19-26-23)22-16-14-21(15-17-22)24-13-10-9-11-20(24)4-2/h14-17,20,23-25H,3-13,18-19H2,1-2H3. The summed E-state index contributed by atoms with van der Waals surface area (Å²) < 4.78 is 12.3. The second kappa shape index (κ2) is 11.2. The lowest BCUT2D eigenvalue weighted by molar-refractivity contribution is -0.137. The van der Waals surface area contributed by atoms with Gasteiger partial charge >= 0.3 is 0 Å². The molecule has 152 valence electrons. The van der Waals surface area contributed by atoms with E-state index in [0.717, 1.165) is 24.9 Å². The third kappa shape index (κ3) is 6.06. The van der Waals surface area contributed by atoms with Crippen LogP contribution >= 0.6 is 0 Å². The van der Waals surface area contributed by atoms with Crippen molar-refractivity contribution in [1.82, 2.24) is 0 Å². The maximum atomic E-state index is 6.16. The van der Waals surface area contributed by atoms with Gasteiger partial charge in [-0.1, -0.05) is 89.5 Å². The molecular weight excluding hydrogens is 332 g/mol. The third-order valence-corrected chi connectivity index (χ3v) is 6.77. The van der Waals surface area contributed by atoms with Gasteiger partial charge in [0.25, 0.3) is 0 Å². The van der Waals surface area contributed by atoms with Gasteiger partial charge in [0.1, 0.15) is 6.10 Å². The van der Waals surface area contributed by atoms with Gasteiger partial charge in [-0.05, 0) is 42.2 Å². The summed E-state index contributed by atoms with van der Waals surface area (Å²) in [5, 5.41) is 0. The van der Waals surface area contributed by atoms with Crippen LogP contribution in [0.1, 0.15) is 108 Å². The first kappa shape index (κ1) is 20.9. The van der Waals surface area contributed by atoms with Gasteiger partial charge in [0.15, 0.2) is 0 Å². The Morgan fingerprint density at radius 2 is 1.56 bits per heavy atom. The van der Waals surface area contributed by atoms with E-state index >= 15 is 0 Å². The Hall–Kier alpha value is -0.860. The summed E-state index contributed by atoms with van der Waals surface area (Å²) in [5.41, 5.74) is 2.82. The largest absolute Gasteiger partial charge is 0.373 e. The predicted molar refractivity (Wildman–Crippen MR) is 113 cm³/mol. The summed E-state index contributed by atoms with van der Waals surface area (Å²) >= 11 is 0. The molecular formula is C25H40O2. The van der Waals surface area contributed by atoms with Gasteiger partial charge in [-0.3, -0.25) is 0 Å². The zero-order chi connectivity index (χ0) is 18.9. The quantitative estimate of drug-likeness (QED) is 0.427. The van der Waals surface area contributed by atoms with Crippen molar-refractivity contribution >= 4 is 0 Å². The molecule has 1 aliphatic carbocycles. The van der Waals surface area contributed by atoms with Crippen LogP contribution in [0.4, 0.5) is 0 Å². The number of hydrogen-bond acceptors (Lipinski definition) is 2. The Morgan fingerprint density at radius 1 is 0.815 bits per heavy atom. The molecule has 3 rings (SSSR count). The van der Waals surface area contributed by atoms with Crippen molar-refractivity contribution < 1.29 is 9.47 Å². The Labute approximate surface area is 167 Å². The Morgan fingerprint density at radius 3 is 2.26 bits per heavy atom. The topological polar surface area (TPSA) is 18.5 Å². The first-order chi connectivity index (χ1) is 13.3. The number of hydrogen-bond donors (Lipinski definition) is 0. The molecule has 4 unspecified atom stereocenters. The van der Waals surface area contributed by atoms with Gasteiger partial charge in [0.05, 0.1) is 19.3 Å². The van der Waals surface area contributed by atoms with Crippen molar-refractivity contribution in [3.05, 3.63) is 35.4 Å². The summed E-state index contributed by atoms with van der Waals surface area (Å²) in [7, 11) is 0. The Balaban J connectivity index is 1.44. The van der Waals surface area contributed by atoms with Gasteiger partial charge in [0.2, 0.25) is 0 Å². The van der Waals surface area contributed by atoms with E-state index in [-0.39, 0.29) is 6.10 Å². The van der Waals surface area contributed by atoms with Gasteiger partial charge in [-0.2, -0.15) is 0 Å². The molecule has 1 heterocycles. The van der Waals surface area contributed by atoms with Crippen LogP contribution in [0.25, 0.3) is 0 Å². The monoisotopic (exact) mass is 372 g/mol. The summed E-state index contributed by atoms with van der Waals surface area (Å²) in [5.74, 6) is 1.63. The van der Waals surface area contributed by atoms with E-state index in [2.05, 4.69) is 38.1 Å². The number of unbranched alkanes of at least 4 members (excludes halogenated alkanes) is 4. The molecule has 1 saturated carbocycles. The first-order valence-corrected chi connectivity index (χ1v) is 11.6. The van der Waals surface area contributed by atoms with Crippen molar-refractivity contribution in [3.63, 3.8) is 0 Å². The second-order valence-corrected chi connectivity index (χ2v) is 8.71. The van der Waals surface area contributed by atoms with E-state index in [1.54, 1.807) is 0 Å². The molecule has 0 radical (unpaired) electrons. The van der Waals surface area contributed by atoms with Gasteiger partial charge < -0.3 is 9.47 Å². The molecule has 0 spiro atoms. The predicted octanol–water partition coefficient (Wildman–Crippen LogP) is 7.19. The van der Waals surface area contributed by atoms with Crippen LogP contribution < -0.4 is 0 Å². The van der Waals surface area contributed by atoms with Crippen LogP contribution in [0.15, 0.2) is 24.3 Å². The summed E-state index contributed by atoms with van der Waals surface area (Å²) in [6, 6.07) is 9.29. The summed E-state index contributed by atoms with van der Waals surface area (Å²) in [6.07, 6.45) is 15.1. The minimum atomic E-state index is 0.115. The molecule has 2 aliphatic rings. The molecule has 0 amide bonds. The van der Waals surface area contributed by atoms with Crippen LogP contribution in [-0.4, -0.2) is 19.3 Å². The number of ether oxygens (including phenoxy) is 2. The van der Waals surface area contributed by atoms with Crippen molar-refractivity contribution in [2.75, 3.05) is 13.2 Å². The maximum absolute atomic E-state index is 6.16. The zero-order valence-corrected chi connectivity index (χ0v) is 17.6. The van der Waals surface area contributed by atoms with Crippen molar-refractivity contribution in [3.8, 4) is 0 Å². The average Bonchev–Trinajstić information content (AvgIpc) is 2.74. The zero-order valence-electron chi connectivity index (χ0n) is 17.6. The van der Waals surface area contributed by atoms with Crippen LogP contribution in [0, 0.1) is 5.92 Å². The lowest BCUT2D eigenvalue weighted by Gasteiger charge is -2.32. The van der Waals surface area contributed by atoms with E-state index in [0.29, 0.717) is 12.7 Å². The highest BCUT2D eigenvalue weighted by Crippen LogP contribution is 2.40. The molecule has 1 saturated heterocycles. The average molecular weight is 373 g/mol. The van der Waals surface area contributed by atoms with Crippen molar-refractivity contribution in [2.24, 2.45) is 5.92 Å². The van der Waals surface area contributed by atoms with E-state index in [9.17, 15) is 0 Å². The fourth-order valence-electron chi connectivity index (χ4n) is 4.97. The molecule has 0 aromatic heterocycles.